The fourth-order valence-corrected chi connectivity index (χ4v) is 2.90. The molecular weight excluding hydrogens is 280 g/mol. The molecule has 3 rings (SSSR count). The highest BCUT2D eigenvalue weighted by molar-refractivity contribution is 6.20. The van der Waals surface area contributed by atoms with E-state index in [1.165, 1.54) is 11.1 Å². The summed E-state index contributed by atoms with van der Waals surface area (Å²) in [5.74, 6) is 0.922. The summed E-state index contributed by atoms with van der Waals surface area (Å²) in [5.41, 5.74) is 4.67. The molecule has 0 saturated carbocycles. The predicted octanol–water partition coefficient (Wildman–Crippen LogP) is 5.25. The molecule has 2 aromatic carbocycles. The van der Waals surface area contributed by atoms with Gasteiger partial charge in [0.2, 0.25) is 0 Å². The molecule has 3 aromatic rings. The molecule has 1 heterocycles. The number of alkyl halides is 1. The number of hydrogen-bond acceptors (Lipinski definition) is 1. The molecule has 0 aliphatic carbocycles. The van der Waals surface area contributed by atoms with Crippen molar-refractivity contribution in [2.75, 3.05) is 0 Å². The third-order valence-corrected chi connectivity index (χ3v) is 4.12. The SMILES string of the molecule is Cc1ccc(C(C)n2c(C(C)Cl)nc3ccccc32)cc1. The first-order chi connectivity index (χ1) is 10.1. The van der Waals surface area contributed by atoms with E-state index < -0.39 is 0 Å². The van der Waals surface area contributed by atoms with E-state index in [9.17, 15) is 0 Å². The van der Waals surface area contributed by atoms with Gasteiger partial charge in [0, 0.05) is 0 Å². The Morgan fingerprint density at radius 3 is 2.33 bits per heavy atom. The largest absolute Gasteiger partial charge is 0.319 e. The molecule has 0 spiro atoms. The minimum Gasteiger partial charge on any atom is -0.319 e. The van der Waals surface area contributed by atoms with Gasteiger partial charge in [-0.25, -0.2) is 4.98 Å². The number of hydrogen-bond donors (Lipinski definition) is 0. The maximum atomic E-state index is 6.35. The molecule has 2 nitrogen and oxygen atoms in total. The number of aryl methyl sites for hydroxylation is 1. The van der Waals surface area contributed by atoms with Crippen molar-refractivity contribution in [3.8, 4) is 0 Å². The molecule has 2 unspecified atom stereocenters. The van der Waals surface area contributed by atoms with Gasteiger partial charge in [-0.2, -0.15) is 0 Å². The van der Waals surface area contributed by atoms with E-state index in [0.717, 1.165) is 16.9 Å². The van der Waals surface area contributed by atoms with Crippen molar-refractivity contribution in [1.29, 1.82) is 0 Å². The van der Waals surface area contributed by atoms with Gasteiger partial charge in [-0.3, -0.25) is 0 Å². The normalized spacial score (nSPS) is 14.3. The van der Waals surface area contributed by atoms with E-state index in [0.29, 0.717) is 0 Å². The molecule has 0 bridgehead atoms. The minimum atomic E-state index is -0.120. The number of halogens is 1. The minimum absolute atomic E-state index is 0.120. The summed E-state index contributed by atoms with van der Waals surface area (Å²) >= 11 is 6.35. The van der Waals surface area contributed by atoms with Crippen LogP contribution >= 0.6 is 11.6 Å². The lowest BCUT2D eigenvalue weighted by Crippen LogP contribution is -2.11. The van der Waals surface area contributed by atoms with Crippen LogP contribution in [-0.2, 0) is 0 Å². The smallest absolute Gasteiger partial charge is 0.128 e. The molecule has 0 radical (unpaired) electrons. The second-order valence-corrected chi connectivity index (χ2v) is 6.19. The van der Waals surface area contributed by atoms with Gasteiger partial charge in [0.25, 0.3) is 0 Å². The highest BCUT2D eigenvalue weighted by atomic mass is 35.5. The lowest BCUT2D eigenvalue weighted by molar-refractivity contribution is 0.618. The van der Waals surface area contributed by atoms with Gasteiger partial charge < -0.3 is 4.57 Å². The van der Waals surface area contributed by atoms with Crippen molar-refractivity contribution in [1.82, 2.24) is 9.55 Å². The van der Waals surface area contributed by atoms with E-state index in [2.05, 4.69) is 48.7 Å². The molecule has 108 valence electrons. The number of para-hydroxylation sites is 2. The van der Waals surface area contributed by atoms with E-state index in [1.54, 1.807) is 0 Å². The van der Waals surface area contributed by atoms with Gasteiger partial charge in [0.1, 0.15) is 5.82 Å². The van der Waals surface area contributed by atoms with E-state index in [4.69, 9.17) is 16.6 Å². The summed E-state index contributed by atoms with van der Waals surface area (Å²) in [6.45, 7) is 6.27. The summed E-state index contributed by atoms with van der Waals surface area (Å²) in [6, 6.07) is 17.1. The zero-order valence-corrected chi connectivity index (χ0v) is 13.3. The lowest BCUT2D eigenvalue weighted by Gasteiger charge is -2.19. The first-order valence-electron chi connectivity index (χ1n) is 7.25. The van der Waals surface area contributed by atoms with Crippen molar-refractivity contribution < 1.29 is 0 Å². The molecular formula is C18H19ClN2. The van der Waals surface area contributed by atoms with Crippen LogP contribution in [0.3, 0.4) is 0 Å². The Hall–Kier alpha value is -1.80. The van der Waals surface area contributed by atoms with Crippen molar-refractivity contribution in [2.24, 2.45) is 0 Å². The summed E-state index contributed by atoms with van der Waals surface area (Å²) in [7, 11) is 0. The molecule has 1 aromatic heterocycles. The molecule has 3 heteroatoms. The zero-order valence-electron chi connectivity index (χ0n) is 12.5. The van der Waals surface area contributed by atoms with Gasteiger partial charge in [0.15, 0.2) is 0 Å². The highest BCUT2D eigenvalue weighted by Gasteiger charge is 2.19. The fourth-order valence-electron chi connectivity index (χ4n) is 2.74. The standard InChI is InChI=1S/C18H19ClN2/c1-12-8-10-15(11-9-12)14(3)21-17-7-5-4-6-16(17)20-18(21)13(2)19/h4-11,13-14H,1-3H3. The fraction of sp³-hybridized carbons (Fsp3) is 0.278. The topological polar surface area (TPSA) is 17.8 Å². The Labute approximate surface area is 130 Å². The van der Waals surface area contributed by atoms with Crippen molar-refractivity contribution >= 4 is 22.6 Å². The molecule has 0 N–H and O–H groups in total. The summed E-state index contributed by atoms with van der Waals surface area (Å²) in [4.78, 5) is 4.71. The van der Waals surface area contributed by atoms with Crippen molar-refractivity contribution in [2.45, 2.75) is 32.2 Å². The Bertz CT molecular complexity index is 756. The Balaban J connectivity index is 2.17. The molecule has 0 fully saturated rings. The van der Waals surface area contributed by atoms with Crippen LogP contribution in [0.15, 0.2) is 48.5 Å². The molecule has 0 amide bonds. The number of aromatic nitrogens is 2. The van der Waals surface area contributed by atoms with Crippen LogP contribution in [0, 0.1) is 6.92 Å². The summed E-state index contributed by atoms with van der Waals surface area (Å²) in [5, 5.41) is -0.120. The molecule has 21 heavy (non-hydrogen) atoms. The average Bonchev–Trinajstić information content (AvgIpc) is 2.87. The first-order valence-corrected chi connectivity index (χ1v) is 7.69. The quantitative estimate of drug-likeness (QED) is 0.604. The van der Waals surface area contributed by atoms with Crippen LogP contribution in [0.5, 0.6) is 0 Å². The maximum absolute atomic E-state index is 6.35. The highest BCUT2D eigenvalue weighted by Crippen LogP contribution is 2.30. The Kier molecular flexibility index (Phi) is 3.73. The van der Waals surface area contributed by atoms with Gasteiger partial charge in [-0.05, 0) is 38.5 Å². The average molecular weight is 299 g/mol. The van der Waals surface area contributed by atoms with Crippen LogP contribution in [0.4, 0.5) is 0 Å². The summed E-state index contributed by atoms with van der Waals surface area (Å²) in [6.07, 6.45) is 0. The number of fused-ring (bicyclic) bond motifs is 1. The number of imidazole rings is 1. The van der Waals surface area contributed by atoms with E-state index in [1.807, 2.05) is 25.1 Å². The van der Waals surface area contributed by atoms with Crippen LogP contribution in [-0.4, -0.2) is 9.55 Å². The molecule has 0 aliphatic heterocycles. The third kappa shape index (κ3) is 2.56. The molecule has 2 atom stereocenters. The van der Waals surface area contributed by atoms with Crippen LogP contribution in [0.2, 0.25) is 0 Å². The van der Waals surface area contributed by atoms with Gasteiger partial charge in [-0.15, -0.1) is 11.6 Å². The Morgan fingerprint density at radius 2 is 1.67 bits per heavy atom. The number of rotatable bonds is 3. The molecule has 0 aliphatic rings. The van der Waals surface area contributed by atoms with E-state index in [-0.39, 0.29) is 11.4 Å². The third-order valence-electron chi connectivity index (χ3n) is 3.93. The van der Waals surface area contributed by atoms with Crippen molar-refractivity contribution in [3.63, 3.8) is 0 Å². The predicted molar refractivity (Wildman–Crippen MR) is 89.0 cm³/mol. The monoisotopic (exact) mass is 298 g/mol. The van der Waals surface area contributed by atoms with Crippen LogP contribution in [0.1, 0.15) is 42.2 Å². The molecule has 0 saturated heterocycles. The van der Waals surface area contributed by atoms with Crippen LogP contribution in [0.25, 0.3) is 11.0 Å². The number of benzene rings is 2. The second kappa shape index (κ2) is 5.53. The first kappa shape index (κ1) is 14.2. The van der Waals surface area contributed by atoms with Gasteiger partial charge >= 0.3 is 0 Å². The van der Waals surface area contributed by atoms with Gasteiger partial charge in [-0.1, -0.05) is 42.0 Å². The second-order valence-electron chi connectivity index (χ2n) is 5.53. The number of nitrogens with zero attached hydrogens (tertiary/aromatic N) is 2. The van der Waals surface area contributed by atoms with Gasteiger partial charge in [0.05, 0.1) is 22.5 Å². The van der Waals surface area contributed by atoms with Crippen LogP contribution < -0.4 is 0 Å². The lowest BCUT2D eigenvalue weighted by atomic mass is 10.1. The van der Waals surface area contributed by atoms with Crippen molar-refractivity contribution in [3.05, 3.63) is 65.5 Å². The summed E-state index contributed by atoms with van der Waals surface area (Å²) < 4.78 is 2.25. The maximum Gasteiger partial charge on any atom is 0.128 e. The Morgan fingerprint density at radius 1 is 1.00 bits per heavy atom. The van der Waals surface area contributed by atoms with E-state index >= 15 is 0 Å². The zero-order chi connectivity index (χ0) is 15.0.